The van der Waals surface area contributed by atoms with Crippen molar-refractivity contribution in [2.75, 3.05) is 23.1 Å². The van der Waals surface area contributed by atoms with Gasteiger partial charge in [-0.25, -0.2) is 52.1 Å². The molecule has 484 valence electrons. The van der Waals surface area contributed by atoms with Gasteiger partial charge in [0.05, 0.1) is 41.9 Å². The van der Waals surface area contributed by atoms with Crippen LogP contribution in [0.1, 0.15) is 190 Å². The normalized spacial score (nSPS) is 19.5. The third-order valence-corrected chi connectivity index (χ3v) is 14.8. The van der Waals surface area contributed by atoms with E-state index in [1.807, 2.05) is 44.2 Å². The third kappa shape index (κ3) is 22.5. The number of carboxylic acid groups (broad SMARTS) is 1. The van der Waals surface area contributed by atoms with Gasteiger partial charge in [-0.3, -0.25) is 4.79 Å². The van der Waals surface area contributed by atoms with Crippen LogP contribution in [0.25, 0.3) is 0 Å². The molecule has 3 saturated carbocycles. The van der Waals surface area contributed by atoms with Crippen LogP contribution in [-0.4, -0.2) is 116 Å². The number of anilines is 3. The smallest absolute Gasteiger partial charge is 0.407 e. The number of rotatable bonds is 14. The van der Waals surface area contributed by atoms with Gasteiger partial charge in [0, 0.05) is 18.1 Å². The number of carboxylic acids is 1. The highest BCUT2D eigenvalue weighted by Crippen LogP contribution is 2.31. The SMILES string of the molecule is CC(C)(C)OC(=O)N[C@H]1CCCCC1Nc1nc(Cl)c(C(=O)NC(C)(C)c2ccccc2)cc1F.CC(C)(C)OC(=O)N[C@H]1CCCCC1Nc1nc(Cl)c(C(=O)O)cc1F.COC(=O)c1cc(F)c(NC2CCCC[C@@H]2NC(=O)OC(C)(C)C)nc1Cl. The number of carbonyl (C=O) groups excluding carboxylic acids is 5. The number of alkyl carbamates (subject to hydrolysis) is 3. The quantitative estimate of drug-likeness (QED) is 0.0331. The maximum absolute atomic E-state index is 15.0. The van der Waals surface area contributed by atoms with E-state index in [2.05, 4.69) is 56.9 Å². The van der Waals surface area contributed by atoms with Gasteiger partial charge < -0.3 is 61.3 Å². The van der Waals surface area contributed by atoms with E-state index in [1.165, 1.54) is 7.11 Å². The number of halogens is 6. The third-order valence-electron chi connectivity index (χ3n) is 14.0. The standard InChI is InChI=1S/C26H34ClFN4O3.C18H25ClFN3O4.C17H23ClFN3O4/c1-25(2,3)35-24(34)30-20-14-10-9-13-19(20)29-22-18(28)15-17(21(27)31-22)23(33)32-26(4,5)16-11-7-6-8-12-16;1-18(2,3)27-17(25)22-13-8-6-5-7-12(13)21-15-11(20)9-10(14(19)23-15)16(24)26-4;1-17(2,3)26-16(25)21-12-7-5-4-6-11(12)20-14-10(19)8-9(15(23)24)13(18)22-14/h6-8,11-12,15,19-20H,9-10,13-14H2,1-5H3,(H,29,31)(H,30,34)(H,32,33);9,12-13H,5-8H2,1-4H3,(H,21,23)(H,22,25);8,11-12H,4-7H2,1-3H3,(H,20,22)(H,21,25)(H,23,24)/t19?,20-;12?,13-;11?,12-/m000/s1. The molecule has 3 aromatic heterocycles. The van der Waals surface area contributed by atoms with Gasteiger partial charge in [-0.2, -0.15) is 0 Å². The van der Waals surface area contributed by atoms with Gasteiger partial charge in [-0.1, -0.05) is 104 Å². The fraction of sp³-hybridized carbons (Fsp3) is 0.557. The molecule has 27 heteroatoms. The van der Waals surface area contributed by atoms with E-state index in [9.17, 15) is 37.5 Å². The zero-order valence-corrected chi connectivity index (χ0v) is 54.0. The summed E-state index contributed by atoms with van der Waals surface area (Å²) in [7, 11) is 1.18. The summed E-state index contributed by atoms with van der Waals surface area (Å²) in [5.74, 6) is -5.14. The lowest BCUT2D eigenvalue weighted by Gasteiger charge is -2.33. The zero-order valence-electron chi connectivity index (χ0n) is 51.7. The molecule has 0 aliphatic heterocycles. The van der Waals surface area contributed by atoms with Gasteiger partial charge in [0.25, 0.3) is 5.91 Å². The first-order chi connectivity index (χ1) is 41.0. The summed E-state index contributed by atoms with van der Waals surface area (Å²) < 4.78 is 64.1. The Bertz CT molecular complexity index is 3090. The minimum atomic E-state index is -1.35. The van der Waals surface area contributed by atoms with Crippen LogP contribution in [0.2, 0.25) is 15.5 Å². The maximum atomic E-state index is 15.0. The Balaban J connectivity index is 0.000000244. The topological polar surface area (TPSA) is 282 Å². The van der Waals surface area contributed by atoms with Crippen LogP contribution in [0.15, 0.2) is 48.5 Å². The number of hydrogen-bond acceptors (Lipinski definition) is 16. The first-order valence-corrected chi connectivity index (χ1v) is 30.2. The van der Waals surface area contributed by atoms with Gasteiger partial charge >= 0.3 is 30.2 Å². The summed E-state index contributed by atoms with van der Waals surface area (Å²) in [6.07, 6.45) is 8.28. The zero-order chi connectivity index (χ0) is 65.5. The van der Waals surface area contributed by atoms with E-state index in [0.29, 0.717) is 19.3 Å². The van der Waals surface area contributed by atoms with Gasteiger partial charge in [0.15, 0.2) is 34.9 Å². The fourth-order valence-corrected chi connectivity index (χ4v) is 10.5. The number of aromatic carboxylic acids is 1. The van der Waals surface area contributed by atoms with E-state index in [4.69, 9.17) is 54.1 Å². The molecule has 0 radical (unpaired) electrons. The average molecular weight is 1290 g/mol. The van der Waals surface area contributed by atoms with Crippen molar-refractivity contribution in [1.29, 1.82) is 0 Å². The number of nitrogens with zero attached hydrogens (tertiary/aromatic N) is 3. The van der Waals surface area contributed by atoms with E-state index >= 15 is 4.39 Å². The molecule has 3 fully saturated rings. The number of benzene rings is 1. The van der Waals surface area contributed by atoms with Crippen LogP contribution in [0, 0.1) is 17.5 Å². The Kier molecular flexibility index (Phi) is 25.6. The first kappa shape index (κ1) is 71.7. The lowest BCUT2D eigenvalue weighted by atomic mass is 9.90. The molecular weight excluding hydrogens is 1210 g/mol. The van der Waals surface area contributed by atoms with Crippen LogP contribution < -0.4 is 37.2 Å². The number of esters is 1. The molecular formula is C61H82Cl3F3N10O11. The second-order valence-electron chi connectivity index (χ2n) is 25.1. The minimum absolute atomic E-state index is 0.0502. The lowest BCUT2D eigenvalue weighted by molar-refractivity contribution is 0.0477. The number of pyridine rings is 3. The molecule has 3 aliphatic rings. The molecule has 8 N–H and O–H groups in total. The molecule has 21 nitrogen and oxygen atoms in total. The fourth-order valence-electron chi connectivity index (χ4n) is 9.88. The number of hydrogen-bond donors (Lipinski definition) is 8. The highest BCUT2D eigenvalue weighted by Gasteiger charge is 2.34. The Morgan fingerprint density at radius 3 is 1.12 bits per heavy atom. The minimum Gasteiger partial charge on any atom is -0.478 e. The number of nitrogens with one attached hydrogen (secondary N) is 7. The molecule has 7 rings (SSSR count). The molecule has 0 bridgehead atoms. The molecule has 3 unspecified atom stereocenters. The predicted octanol–water partition coefficient (Wildman–Crippen LogP) is 13.5. The van der Waals surface area contributed by atoms with Crippen molar-refractivity contribution >= 4 is 88.4 Å². The van der Waals surface area contributed by atoms with Crippen molar-refractivity contribution in [3.05, 3.63) is 104 Å². The van der Waals surface area contributed by atoms with Crippen molar-refractivity contribution in [1.82, 2.24) is 36.2 Å². The number of ether oxygens (including phenoxy) is 4. The number of methoxy groups -OCH3 is 1. The highest BCUT2D eigenvalue weighted by atomic mass is 35.5. The second kappa shape index (κ2) is 31.4. The summed E-state index contributed by atoms with van der Waals surface area (Å²) in [5.41, 5.74) is -2.23. The first-order valence-electron chi connectivity index (χ1n) is 29.1. The van der Waals surface area contributed by atoms with E-state index < -0.39 is 81.5 Å². The Hall–Kier alpha value is -7.05. The molecule has 88 heavy (non-hydrogen) atoms. The van der Waals surface area contributed by atoms with Crippen molar-refractivity contribution < 1.29 is 66.0 Å². The van der Waals surface area contributed by atoms with E-state index in [1.54, 1.807) is 62.3 Å². The number of carbonyl (C=O) groups is 6. The monoisotopic (exact) mass is 1290 g/mol. The highest BCUT2D eigenvalue weighted by molar-refractivity contribution is 6.33. The molecule has 1 aromatic carbocycles. The predicted molar refractivity (Wildman–Crippen MR) is 330 cm³/mol. The molecule has 6 atom stereocenters. The van der Waals surface area contributed by atoms with Crippen molar-refractivity contribution in [3.8, 4) is 0 Å². The largest absolute Gasteiger partial charge is 0.478 e. The summed E-state index contributed by atoms with van der Waals surface area (Å²) >= 11 is 18.1. The van der Waals surface area contributed by atoms with Gasteiger partial charge in [-0.05, 0) is 138 Å². The van der Waals surface area contributed by atoms with Crippen LogP contribution >= 0.6 is 34.8 Å². The molecule has 4 aromatic rings. The van der Waals surface area contributed by atoms with Gasteiger partial charge in [-0.15, -0.1) is 0 Å². The molecule has 0 spiro atoms. The van der Waals surface area contributed by atoms with Gasteiger partial charge in [0.2, 0.25) is 0 Å². The van der Waals surface area contributed by atoms with Crippen LogP contribution in [-0.2, 0) is 24.5 Å². The van der Waals surface area contributed by atoms with Crippen molar-refractivity contribution in [2.24, 2.45) is 0 Å². The molecule has 0 saturated heterocycles. The summed E-state index contributed by atoms with van der Waals surface area (Å²) in [4.78, 5) is 83.7. The summed E-state index contributed by atoms with van der Waals surface area (Å²) in [6, 6.07) is 10.8. The van der Waals surface area contributed by atoms with E-state index in [0.717, 1.165) is 81.5 Å². The molecule has 3 aliphatic carbocycles. The van der Waals surface area contributed by atoms with Crippen LogP contribution in [0.4, 0.5) is 45.0 Å². The lowest BCUT2D eigenvalue weighted by Crippen LogP contribution is -2.50. The van der Waals surface area contributed by atoms with Crippen molar-refractivity contribution in [3.63, 3.8) is 0 Å². The van der Waals surface area contributed by atoms with Crippen molar-refractivity contribution in [2.45, 2.75) is 212 Å². The van der Waals surface area contributed by atoms with Gasteiger partial charge in [0.1, 0.15) is 37.8 Å². The van der Waals surface area contributed by atoms with E-state index in [-0.39, 0.29) is 80.3 Å². The van der Waals surface area contributed by atoms with Crippen LogP contribution in [0.3, 0.4) is 0 Å². The molecule has 4 amide bonds. The van der Waals surface area contributed by atoms with Crippen LogP contribution in [0.5, 0.6) is 0 Å². The number of amides is 4. The average Bonchev–Trinajstić information content (AvgIpc) is 2.08. The second-order valence-corrected chi connectivity index (χ2v) is 26.2. The Labute approximate surface area is 526 Å². The summed E-state index contributed by atoms with van der Waals surface area (Å²) in [6.45, 7) is 19.8. The Morgan fingerprint density at radius 2 is 0.795 bits per heavy atom. The molecule has 3 heterocycles. The Morgan fingerprint density at radius 1 is 0.489 bits per heavy atom. The summed E-state index contributed by atoms with van der Waals surface area (Å²) in [5, 5.41) is 28.8. The maximum Gasteiger partial charge on any atom is 0.407 e. The number of aromatic nitrogens is 3.